The summed E-state index contributed by atoms with van der Waals surface area (Å²) < 4.78 is 10.8. The van der Waals surface area contributed by atoms with Gasteiger partial charge in [0.05, 0.1) is 19.8 Å². The zero-order valence-corrected chi connectivity index (χ0v) is 16.7. The predicted molar refractivity (Wildman–Crippen MR) is 109 cm³/mol. The van der Waals surface area contributed by atoms with Gasteiger partial charge in [-0.2, -0.15) is 0 Å². The number of carbonyl (C=O) groups excluding carboxylic acids is 1. The molecule has 2 N–H and O–H groups in total. The molecule has 2 aromatic rings. The quantitative estimate of drug-likeness (QED) is 0.787. The molecule has 2 atom stereocenters. The molecule has 6 heteroatoms. The lowest BCUT2D eigenvalue weighted by atomic mass is 9.67. The fourth-order valence-corrected chi connectivity index (χ4v) is 4.34. The molecule has 4 rings (SSSR count). The number of amides is 1. The van der Waals surface area contributed by atoms with Crippen molar-refractivity contribution in [2.75, 3.05) is 20.8 Å². The molecule has 152 valence electrons. The van der Waals surface area contributed by atoms with Crippen LogP contribution in [0.25, 0.3) is 0 Å². The molecule has 0 spiro atoms. The van der Waals surface area contributed by atoms with Crippen LogP contribution in [-0.2, 0) is 15.0 Å². The number of hydrogen-bond acceptors (Lipinski definition) is 5. The molecule has 1 aliphatic heterocycles. The molecule has 6 nitrogen and oxygen atoms in total. The minimum Gasteiger partial charge on any atom is -0.496 e. The summed E-state index contributed by atoms with van der Waals surface area (Å²) in [5.74, 6) is 1.12. The maximum absolute atomic E-state index is 12.9. The number of nitrogens with one attached hydrogen (secondary N) is 2. The lowest BCUT2D eigenvalue weighted by Crippen LogP contribution is -2.45. The van der Waals surface area contributed by atoms with Crippen molar-refractivity contribution in [3.8, 4) is 5.75 Å². The van der Waals surface area contributed by atoms with Gasteiger partial charge in [-0.05, 0) is 37.0 Å². The molecule has 0 radical (unpaired) electrons. The number of fused-ring (bicyclic) bond motifs is 1. The van der Waals surface area contributed by atoms with Crippen molar-refractivity contribution in [1.29, 1.82) is 0 Å². The highest BCUT2D eigenvalue weighted by Gasteiger charge is 2.44. The molecule has 2 aliphatic rings. The Hall–Kier alpha value is -2.99. The van der Waals surface area contributed by atoms with Crippen LogP contribution in [0.15, 0.2) is 66.1 Å². The van der Waals surface area contributed by atoms with Crippen LogP contribution in [0.2, 0.25) is 0 Å². The van der Waals surface area contributed by atoms with Gasteiger partial charge in [0.1, 0.15) is 11.9 Å². The first-order chi connectivity index (χ1) is 14.2. The smallest absolute Gasteiger partial charge is 0.255 e. The molecule has 0 bridgehead atoms. The molecular formula is C23H26N2O4. The van der Waals surface area contributed by atoms with Gasteiger partial charge in [-0.3, -0.25) is 9.63 Å². The van der Waals surface area contributed by atoms with E-state index in [4.69, 9.17) is 14.3 Å². The molecule has 1 heterocycles. The SMILES string of the molecule is COC1=C2C[C@](CNC(=O)c3ccccc3OC)(c3ccccc3)CCC2ON1. The van der Waals surface area contributed by atoms with Gasteiger partial charge in [-0.15, -0.1) is 0 Å². The van der Waals surface area contributed by atoms with Gasteiger partial charge in [-0.25, -0.2) is 5.48 Å². The van der Waals surface area contributed by atoms with Crippen LogP contribution in [0.1, 0.15) is 35.2 Å². The first kappa shape index (κ1) is 19.3. The van der Waals surface area contributed by atoms with E-state index in [0.717, 1.165) is 24.8 Å². The Morgan fingerprint density at radius 1 is 1.14 bits per heavy atom. The van der Waals surface area contributed by atoms with Crippen LogP contribution in [-0.4, -0.2) is 32.8 Å². The van der Waals surface area contributed by atoms with Crippen molar-refractivity contribution in [1.82, 2.24) is 10.8 Å². The molecule has 1 aliphatic carbocycles. The Kier molecular flexibility index (Phi) is 5.45. The number of hydroxylamine groups is 1. The van der Waals surface area contributed by atoms with Crippen molar-refractivity contribution >= 4 is 5.91 Å². The first-order valence-electron chi connectivity index (χ1n) is 9.82. The Balaban J connectivity index is 1.62. The molecule has 2 aromatic carbocycles. The van der Waals surface area contributed by atoms with Gasteiger partial charge in [0.15, 0.2) is 0 Å². The highest BCUT2D eigenvalue weighted by atomic mass is 16.7. The number of carbonyl (C=O) groups is 1. The lowest BCUT2D eigenvalue weighted by molar-refractivity contribution is 0.00376. The van der Waals surface area contributed by atoms with Crippen LogP contribution in [0.3, 0.4) is 0 Å². The maximum Gasteiger partial charge on any atom is 0.255 e. The third kappa shape index (κ3) is 3.68. The highest BCUT2D eigenvalue weighted by Crippen LogP contribution is 2.45. The molecule has 1 fully saturated rings. The van der Waals surface area contributed by atoms with Gasteiger partial charge in [0, 0.05) is 17.5 Å². The van der Waals surface area contributed by atoms with Gasteiger partial charge >= 0.3 is 0 Å². The van der Waals surface area contributed by atoms with Gasteiger partial charge in [0.25, 0.3) is 5.91 Å². The lowest BCUT2D eigenvalue weighted by Gasteiger charge is -2.40. The highest BCUT2D eigenvalue weighted by molar-refractivity contribution is 5.97. The Morgan fingerprint density at radius 3 is 2.66 bits per heavy atom. The number of benzene rings is 2. The summed E-state index contributed by atoms with van der Waals surface area (Å²) in [6.45, 7) is 0.515. The second-order valence-corrected chi connectivity index (χ2v) is 7.51. The largest absolute Gasteiger partial charge is 0.496 e. The van der Waals surface area contributed by atoms with E-state index in [0.29, 0.717) is 23.7 Å². The average molecular weight is 394 g/mol. The van der Waals surface area contributed by atoms with E-state index in [1.807, 2.05) is 30.3 Å². The van der Waals surface area contributed by atoms with Gasteiger partial charge in [-0.1, -0.05) is 42.5 Å². The fraction of sp³-hybridized carbons (Fsp3) is 0.348. The Morgan fingerprint density at radius 2 is 1.90 bits per heavy atom. The van der Waals surface area contributed by atoms with Crippen LogP contribution in [0, 0.1) is 0 Å². The summed E-state index contributed by atoms with van der Waals surface area (Å²) in [5, 5.41) is 3.15. The minimum absolute atomic E-state index is 0.0201. The molecule has 0 saturated heterocycles. The Bertz CT molecular complexity index is 912. The minimum atomic E-state index is -0.232. The van der Waals surface area contributed by atoms with Crippen molar-refractivity contribution < 1.29 is 19.1 Å². The van der Waals surface area contributed by atoms with E-state index >= 15 is 0 Å². The maximum atomic E-state index is 12.9. The third-order valence-electron chi connectivity index (χ3n) is 5.92. The number of para-hydroxylation sites is 1. The summed E-state index contributed by atoms with van der Waals surface area (Å²) in [6.07, 6.45) is 2.53. The van der Waals surface area contributed by atoms with Crippen molar-refractivity contribution in [2.45, 2.75) is 30.8 Å². The number of ether oxygens (including phenoxy) is 2. The Labute approximate surface area is 170 Å². The molecule has 1 unspecified atom stereocenters. The number of hydrogen-bond donors (Lipinski definition) is 2. The second-order valence-electron chi connectivity index (χ2n) is 7.51. The molecule has 0 aromatic heterocycles. The van der Waals surface area contributed by atoms with Crippen molar-refractivity contribution in [2.24, 2.45) is 0 Å². The summed E-state index contributed by atoms with van der Waals surface area (Å²) in [5.41, 5.74) is 5.52. The monoisotopic (exact) mass is 394 g/mol. The average Bonchev–Trinajstić information content (AvgIpc) is 3.20. The summed E-state index contributed by atoms with van der Waals surface area (Å²) >= 11 is 0. The molecule has 29 heavy (non-hydrogen) atoms. The van der Waals surface area contributed by atoms with E-state index in [2.05, 4.69) is 22.9 Å². The first-order valence-corrected chi connectivity index (χ1v) is 9.82. The van der Waals surface area contributed by atoms with E-state index in [9.17, 15) is 4.79 Å². The molecule has 1 amide bonds. The molecular weight excluding hydrogens is 368 g/mol. The second kappa shape index (κ2) is 8.17. The van der Waals surface area contributed by atoms with Crippen LogP contribution < -0.4 is 15.5 Å². The predicted octanol–water partition coefficient (Wildman–Crippen LogP) is 3.31. The van der Waals surface area contributed by atoms with Gasteiger partial charge < -0.3 is 14.8 Å². The van der Waals surface area contributed by atoms with Crippen LogP contribution in [0.4, 0.5) is 0 Å². The molecule has 1 saturated carbocycles. The summed E-state index contributed by atoms with van der Waals surface area (Å²) in [4.78, 5) is 18.6. The van der Waals surface area contributed by atoms with Crippen molar-refractivity contribution in [3.63, 3.8) is 0 Å². The normalized spacial score (nSPS) is 23.2. The number of methoxy groups -OCH3 is 2. The van der Waals surface area contributed by atoms with Crippen molar-refractivity contribution in [3.05, 3.63) is 77.2 Å². The standard InChI is InChI=1S/C23H26N2O4/c1-27-19-11-7-6-10-17(19)21(26)24-15-23(16-8-4-3-5-9-16)13-12-20-18(14-23)22(28-2)25-29-20/h3-11,20,25H,12-15H2,1-2H3,(H,24,26)/t20?,23-/m1/s1. The fourth-order valence-electron chi connectivity index (χ4n) is 4.34. The topological polar surface area (TPSA) is 68.8 Å². The van der Waals surface area contributed by atoms with Crippen LogP contribution in [0.5, 0.6) is 5.75 Å². The van der Waals surface area contributed by atoms with Gasteiger partial charge in [0.2, 0.25) is 5.88 Å². The summed E-state index contributed by atoms with van der Waals surface area (Å²) in [7, 11) is 3.22. The zero-order valence-electron chi connectivity index (χ0n) is 16.7. The zero-order chi connectivity index (χ0) is 20.3. The van der Waals surface area contributed by atoms with Crippen LogP contribution >= 0.6 is 0 Å². The number of rotatable bonds is 6. The van der Waals surface area contributed by atoms with E-state index in [-0.39, 0.29) is 17.4 Å². The summed E-state index contributed by atoms with van der Waals surface area (Å²) in [6, 6.07) is 17.6. The van der Waals surface area contributed by atoms with E-state index < -0.39 is 0 Å². The van der Waals surface area contributed by atoms with E-state index in [1.54, 1.807) is 26.4 Å². The van der Waals surface area contributed by atoms with E-state index in [1.165, 1.54) is 5.56 Å². The third-order valence-corrected chi connectivity index (χ3v) is 5.92.